The van der Waals surface area contributed by atoms with E-state index in [0.717, 1.165) is 11.8 Å². The van der Waals surface area contributed by atoms with Crippen molar-refractivity contribution in [1.29, 1.82) is 0 Å². The lowest BCUT2D eigenvalue weighted by atomic mass is 9.96. The summed E-state index contributed by atoms with van der Waals surface area (Å²) in [6.45, 7) is 0. The molecule has 0 radical (unpaired) electrons. The Morgan fingerprint density at radius 3 is 1.91 bits per heavy atom. The first-order chi connectivity index (χ1) is 14.8. The lowest BCUT2D eigenvalue weighted by Gasteiger charge is -2.17. The molecule has 4 nitrogen and oxygen atoms in total. The topological polar surface area (TPSA) is 47.6 Å². The molecule has 2 aromatic carbocycles. The second-order valence-corrected chi connectivity index (χ2v) is 8.17. The van der Waals surface area contributed by atoms with Gasteiger partial charge in [-0.25, -0.2) is 0 Å². The second kappa shape index (κ2) is 8.66. The van der Waals surface area contributed by atoms with Crippen molar-refractivity contribution in [1.82, 2.24) is 5.32 Å². The maximum Gasteiger partial charge on any atom is 0.416 e. The highest BCUT2D eigenvalue weighted by molar-refractivity contribution is 8.26. The number of thiocarbonyl (C=S) groups is 1. The third kappa shape index (κ3) is 5.01. The molecule has 1 saturated heterocycles. The molecule has 0 aliphatic carbocycles. The van der Waals surface area contributed by atoms with Gasteiger partial charge in [-0.15, -0.1) is 0 Å². The number of benzene rings is 2. The molecule has 1 aliphatic rings. The van der Waals surface area contributed by atoms with Gasteiger partial charge in [0.1, 0.15) is 4.32 Å². The largest absolute Gasteiger partial charge is 0.493 e. The molecule has 12 heteroatoms. The van der Waals surface area contributed by atoms with Crippen LogP contribution in [0.2, 0.25) is 0 Å². The first-order valence-corrected chi connectivity index (χ1v) is 9.86. The molecule has 2 aromatic rings. The van der Waals surface area contributed by atoms with Crippen molar-refractivity contribution in [3.8, 4) is 22.6 Å². The summed E-state index contributed by atoms with van der Waals surface area (Å²) in [7, 11) is 2.57. The van der Waals surface area contributed by atoms with Gasteiger partial charge in [0.15, 0.2) is 11.5 Å². The van der Waals surface area contributed by atoms with Crippen LogP contribution in [0.5, 0.6) is 11.5 Å². The normalized spacial score (nSPS) is 15.8. The number of hydrogen-bond acceptors (Lipinski definition) is 5. The summed E-state index contributed by atoms with van der Waals surface area (Å²) in [6.07, 6.45) is -8.63. The first kappa shape index (κ1) is 23.9. The van der Waals surface area contributed by atoms with Gasteiger partial charge in [-0.05, 0) is 47.5 Å². The number of carbonyl (C=O) groups excluding carboxylic acids is 1. The van der Waals surface area contributed by atoms with Crippen LogP contribution in [0.25, 0.3) is 17.2 Å². The number of methoxy groups -OCH3 is 2. The quantitative estimate of drug-likeness (QED) is 0.327. The predicted molar refractivity (Wildman–Crippen MR) is 111 cm³/mol. The Labute approximate surface area is 187 Å². The summed E-state index contributed by atoms with van der Waals surface area (Å²) in [5.41, 5.74) is -3.04. The molecular weight excluding hydrogens is 480 g/mol. The molecule has 1 heterocycles. The Balaban J connectivity index is 2.26. The summed E-state index contributed by atoms with van der Waals surface area (Å²) in [4.78, 5) is 12.2. The molecule has 0 bridgehead atoms. The molecule has 0 aromatic heterocycles. The molecule has 32 heavy (non-hydrogen) atoms. The van der Waals surface area contributed by atoms with Crippen LogP contribution >= 0.6 is 24.0 Å². The van der Waals surface area contributed by atoms with E-state index in [4.69, 9.17) is 21.7 Å². The van der Waals surface area contributed by atoms with Crippen molar-refractivity contribution < 1.29 is 40.6 Å². The van der Waals surface area contributed by atoms with Gasteiger partial charge in [-0.1, -0.05) is 24.0 Å². The number of carbonyl (C=O) groups is 1. The van der Waals surface area contributed by atoms with Crippen LogP contribution in [0.15, 0.2) is 35.2 Å². The first-order valence-electron chi connectivity index (χ1n) is 8.64. The average Bonchev–Trinajstić information content (AvgIpc) is 3.02. The second-order valence-electron chi connectivity index (χ2n) is 6.45. The molecule has 1 fully saturated rings. The predicted octanol–water partition coefficient (Wildman–Crippen LogP) is 5.90. The molecule has 0 saturated carbocycles. The van der Waals surface area contributed by atoms with Crippen molar-refractivity contribution in [3.05, 3.63) is 51.9 Å². The fourth-order valence-corrected chi connectivity index (χ4v) is 3.99. The van der Waals surface area contributed by atoms with Crippen LogP contribution in [0.1, 0.15) is 16.7 Å². The van der Waals surface area contributed by atoms with Gasteiger partial charge in [-0.3, -0.25) is 4.79 Å². The molecule has 0 unspecified atom stereocenters. The van der Waals surface area contributed by atoms with Crippen LogP contribution in [0.4, 0.5) is 26.3 Å². The highest BCUT2D eigenvalue weighted by Gasteiger charge is 2.37. The van der Waals surface area contributed by atoms with E-state index in [1.807, 2.05) is 0 Å². The molecule has 1 aliphatic heterocycles. The Morgan fingerprint density at radius 2 is 1.47 bits per heavy atom. The maximum absolute atomic E-state index is 13.3. The number of halogens is 6. The third-order valence-electron chi connectivity index (χ3n) is 4.36. The van der Waals surface area contributed by atoms with Gasteiger partial charge >= 0.3 is 12.4 Å². The minimum absolute atomic E-state index is 0.00270. The molecule has 1 N–H and O–H groups in total. The monoisotopic (exact) mass is 493 g/mol. The van der Waals surface area contributed by atoms with Crippen LogP contribution in [0.3, 0.4) is 0 Å². The van der Waals surface area contributed by atoms with Crippen molar-refractivity contribution in [3.63, 3.8) is 0 Å². The summed E-state index contributed by atoms with van der Waals surface area (Å²) >= 11 is 5.87. The van der Waals surface area contributed by atoms with Crippen molar-refractivity contribution in [2.45, 2.75) is 12.4 Å². The van der Waals surface area contributed by atoms with Crippen LogP contribution in [0, 0.1) is 0 Å². The standard InChI is InChI=1S/C20H13F6NO3S2/c1-29-14-6-9(3-11(16(14)30-2)7-15-17(28)27-18(31)32-15)10-4-12(19(21,22)23)8-13(5-10)20(24,25)26/h3-8H,1-2H3,(H,27,28,31)/b15-7-. The average molecular weight is 493 g/mol. The Kier molecular flexibility index (Phi) is 6.47. The number of thioether (sulfide) groups is 1. The third-order valence-corrected chi connectivity index (χ3v) is 5.52. The van der Waals surface area contributed by atoms with E-state index < -0.39 is 29.4 Å². The Bertz CT molecular complexity index is 1090. The zero-order valence-corrected chi connectivity index (χ0v) is 17.9. The zero-order chi connectivity index (χ0) is 23.8. The minimum Gasteiger partial charge on any atom is -0.493 e. The van der Waals surface area contributed by atoms with Crippen LogP contribution in [-0.4, -0.2) is 24.4 Å². The Hall–Kier alpha value is -2.73. The molecule has 0 atom stereocenters. The van der Waals surface area contributed by atoms with E-state index in [1.165, 1.54) is 32.4 Å². The highest BCUT2D eigenvalue weighted by atomic mass is 32.2. The summed E-state index contributed by atoms with van der Waals surface area (Å²) < 4.78 is 90.3. The SMILES string of the molecule is COc1cc(-c2cc(C(F)(F)F)cc(C(F)(F)F)c2)cc(/C=C2\SC(=S)NC2=O)c1OC. The number of nitrogens with one attached hydrogen (secondary N) is 1. The lowest BCUT2D eigenvalue weighted by molar-refractivity contribution is -0.143. The number of ether oxygens (including phenoxy) is 2. The molecule has 0 spiro atoms. The van der Waals surface area contributed by atoms with E-state index >= 15 is 0 Å². The van der Waals surface area contributed by atoms with E-state index in [9.17, 15) is 31.1 Å². The fraction of sp³-hybridized carbons (Fsp3) is 0.200. The van der Waals surface area contributed by atoms with E-state index in [1.54, 1.807) is 0 Å². The van der Waals surface area contributed by atoms with Gasteiger partial charge in [0.05, 0.1) is 30.3 Å². The lowest BCUT2D eigenvalue weighted by Crippen LogP contribution is -2.17. The molecule has 1 amide bonds. The van der Waals surface area contributed by atoms with Gasteiger partial charge < -0.3 is 14.8 Å². The summed E-state index contributed by atoms with van der Waals surface area (Å²) in [5, 5.41) is 2.41. The molecule has 170 valence electrons. The van der Waals surface area contributed by atoms with E-state index in [-0.39, 0.29) is 43.5 Å². The highest BCUT2D eigenvalue weighted by Crippen LogP contribution is 2.42. The van der Waals surface area contributed by atoms with Gasteiger partial charge in [0.2, 0.25) is 0 Å². The molecule has 3 rings (SSSR count). The summed E-state index contributed by atoms with van der Waals surface area (Å²) in [6, 6.07) is 3.83. The Morgan fingerprint density at radius 1 is 0.906 bits per heavy atom. The summed E-state index contributed by atoms with van der Waals surface area (Å²) in [5.74, 6) is -0.309. The van der Waals surface area contributed by atoms with Gasteiger partial charge in [0.25, 0.3) is 5.91 Å². The van der Waals surface area contributed by atoms with Gasteiger partial charge in [-0.2, -0.15) is 26.3 Å². The minimum atomic E-state index is -4.99. The number of rotatable bonds is 4. The number of amides is 1. The zero-order valence-electron chi connectivity index (χ0n) is 16.3. The van der Waals surface area contributed by atoms with Crippen molar-refractivity contribution in [2.24, 2.45) is 0 Å². The van der Waals surface area contributed by atoms with Crippen molar-refractivity contribution in [2.75, 3.05) is 14.2 Å². The maximum atomic E-state index is 13.3. The van der Waals surface area contributed by atoms with E-state index in [0.29, 0.717) is 12.1 Å². The van der Waals surface area contributed by atoms with Crippen LogP contribution < -0.4 is 14.8 Å². The number of hydrogen-bond donors (Lipinski definition) is 1. The van der Waals surface area contributed by atoms with Crippen molar-refractivity contribution >= 4 is 40.3 Å². The van der Waals surface area contributed by atoms with Crippen LogP contribution in [-0.2, 0) is 17.1 Å². The van der Waals surface area contributed by atoms with E-state index in [2.05, 4.69) is 5.32 Å². The smallest absolute Gasteiger partial charge is 0.416 e. The number of alkyl halides is 6. The fourth-order valence-electron chi connectivity index (χ4n) is 2.95. The molecular formula is C20H13F6NO3S2. The van der Waals surface area contributed by atoms with Gasteiger partial charge in [0, 0.05) is 5.56 Å².